The molecule has 1 heterocycles. The van der Waals surface area contributed by atoms with Crippen molar-refractivity contribution in [2.45, 2.75) is 13.3 Å². The zero-order valence-electron chi connectivity index (χ0n) is 9.68. The van der Waals surface area contributed by atoms with Gasteiger partial charge in [-0.25, -0.2) is 4.98 Å². The SMILES string of the molecule is Cc1ccc(CC(=O)Nc2ccccn2)cc1. The molecule has 0 radical (unpaired) electrons. The van der Waals surface area contributed by atoms with E-state index in [0.717, 1.165) is 5.56 Å². The van der Waals surface area contributed by atoms with Gasteiger partial charge in [-0.2, -0.15) is 0 Å². The number of carbonyl (C=O) groups excluding carboxylic acids is 1. The molecule has 1 amide bonds. The second-order valence-corrected chi connectivity index (χ2v) is 3.93. The molecule has 3 nitrogen and oxygen atoms in total. The van der Waals surface area contributed by atoms with Crippen molar-refractivity contribution in [3.63, 3.8) is 0 Å². The van der Waals surface area contributed by atoms with Gasteiger partial charge in [0.25, 0.3) is 0 Å². The molecular weight excluding hydrogens is 212 g/mol. The van der Waals surface area contributed by atoms with Gasteiger partial charge in [0.15, 0.2) is 0 Å². The van der Waals surface area contributed by atoms with Crippen LogP contribution in [-0.2, 0) is 11.2 Å². The van der Waals surface area contributed by atoms with E-state index in [9.17, 15) is 4.79 Å². The molecule has 0 fully saturated rings. The van der Waals surface area contributed by atoms with Crippen LogP contribution in [0.25, 0.3) is 0 Å². The number of nitrogens with one attached hydrogen (secondary N) is 1. The maximum atomic E-state index is 11.7. The molecule has 0 atom stereocenters. The van der Waals surface area contributed by atoms with Crippen molar-refractivity contribution in [2.75, 3.05) is 5.32 Å². The van der Waals surface area contributed by atoms with Gasteiger partial charge in [0, 0.05) is 6.20 Å². The van der Waals surface area contributed by atoms with Gasteiger partial charge < -0.3 is 5.32 Å². The summed E-state index contributed by atoms with van der Waals surface area (Å²) in [7, 11) is 0. The maximum Gasteiger partial charge on any atom is 0.229 e. The number of nitrogens with zero attached hydrogens (tertiary/aromatic N) is 1. The molecule has 17 heavy (non-hydrogen) atoms. The highest BCUT2D eigenvalue weighted by atomic mass is 16.1. The van der Waals surface area contributed by atoms with Crippen molar-refractivity contribution in [3.8, 4) is 0 Å². The average Bonchev–Trinajstić information content (AvgIpc) is 2.33. The van der Waals surface area contributed by atoms with Crippen LogP contribution in [0.4, 0.5) is 5.82 Å². The average molecular weight is 226 g/mol. The Bertz CT molecular complexity index is 491. The predicted octanol–water partition coefficient (Wildman–Crippen LogP) is 2.57. The van der Waals surface area contributed by atoms with E-state index >= 15 is 0 Å². The van der Waals surface area contributed by atoms with E-state index in [-0.39, 0.29) is 5.91 Å². The smallest absolute Gasteiger partial charge is 0.229 e. The van der Waals surface area contributed by atoms with Gasteiger partial charge in [-0.3, -0.25) is 4.79 Å². The molecular formula is C14H14N2O. The van der Waals surface area contributed by atoms with Crippen molar-refractivity contribution in [3.05, 3.63) is 59.8 Å². The molecule has 2 rings (SSSR count). The van der Waals surface area contributed by atoms with Crippen molar-refractivity contribution in [1.29, 1.82) is 0 Å². The lowest BCUT2D eigenvalue weighted by atomic mass is 10.1. The molecule has 0 aliphatic rings. The topological polar surface area (TPSA) is 42.0 Å². The molecule has 2 aromatic rings. The zero-order valence-corrected chi connectivity index (χ0v) is 9.68. The van der Waals surface area contributed by atoms with E-state index in [1.165, 1.54) is 5.56 Å². The zero-order chi connectivity index (χ0) is 12.1. The first kappa shape index (κ1) is 11.3. The van der Waals surface area contributed by atoms with Crippen LogP contribution in [0.5, 0.6) is 0 Å². The minimum Gasteiger partial charge on any atom is -0.310 e. The summed E-state index contributed by atoms with van der Waals surface area (Å²) >= 11 is 0. The molecule has 0 saturated heterocycles. The van der Waals surface area contributed by atoms with Crippen LogP contribution in [-0.4, -0.2) is 10.9 Å². The Kier molecular flexibility index (Phi) is 3.50. The maximum absolute atomic E-state index is 11.7. The van der Waals surface area contributed by atoms with E-state index < -0.39 is 0 Å². The van der Waals surface area contributed by atoms with E-state index in [0.29, 0.717) is 12.2 Å². The van der Waals surface area contributed by atoms with Gasteiger partial charge in [-0.15, -0.1) is 0 Å². The lowest BCUT2D eigenvalue weighted by molar-refractivity contribution is -0.115. The van der Waals surface area contributed by atoms with Gasteiger partial charge in [0.1, 0.15) is 5.82 Å². The first-order valence-corrected chi connectivity index (χ1v) is 5.50. The van der Waals surface area contributed by atoms with Crippen molar-refractivity contribution < 1.29 is 4.79 Å². The summed E-state index contributed by atoms with van der Waals surface area (Å²) in [5.41, 5.74) is 2.20. The largest absolute Gasteiger partial charge is 0.310 e. The lowest BCUT2D eigenvalue weighted by Gasteiger charge is -2.04. The molecule has 0 spiro atoms. The third-order valence-electron chi connectivity index (χ3n) is 2.42. The Labute approximate surface area is 101 Å². The standard InChI is InChI=1S/C14H14N2O/c1-11-5-7-12(8-6-11)10-14(17)16-13-4-2-3-9-15-13/h2-9H,10H2,1H3,(H,15,16,17). The fourth-order valence-corrected chi connectivity index (χ4v) is 1.52. The Morgan fingerprint density at radius 1 is 1.18 bits per heavy atom. The highest BCUT2D eigenvalue weighted by Crippen LogP contribution is 2.06. The number of carbonyl (C=O) groups is 1. The van der Waals surface area contributed by atoms with E-state index in [1.54, 1.807) is 12.3 Å². The summed E-state index contributed by atoms with van der Waals surface area (Å²) in [5, 5.41) is 2.75. The van der Waals surface area contributed by atoms with Gasteiger partial charge in [0.05, 0.1) is 6.42 Å². The summed E-state index contributed by atoms with van der Waals surface area (Å²) in [6, 6.07) is 13.4. The van der Waals surface area contributed by atoms with Crippen LogP contribution in [0, 0.1) is 6.92 Å². The van der Waals surface area contributed by atoms with Gasteiger partial charge in [-0.05, 0) is 24.6 Å². The lowest BCUT2D eigenvalue weighted by Crippen LogP contribution is -2.15. The van der Waals surface area contributed by atoms with Gasteiger partial charge >= 0.3 is 0 Å². The van der Waals surface area contributed by atoms with Crippen LogP contribution in [0.3, 0.4) is 0 Å². The van der Waals surface area contributed by atoms with E-state index in [4.69, 9.17) is 0 Å². The fraction of sp³-hybridized carbons (Fsp3) is 0.143. The van der Waals surface area contributed by atoms with Gasteiger partial charge in [0.2, 0.25) is 5.91 Å². The minimum absolute atomic E-state index is 0.0486. The highest BCUT2D eigenvalue weighted by molar-refractivity contribution is 5.91. The molecule has 0 saturated carbocycles. The summed E-state index contributed by atoms with van der Waals surface area (Å²) in [6.07, 6.45) is 2.03. The highest BCUT2D eigenvalue weighted by Gasteiger charge is 2.03. The number of anilines is 1. The molecule has 0 aliphatic carbocycles. The first-order chi connectivity index (χ1) is 8.24. The molecule has 1 N–H and O–H groups in total. The third kappa shape index (κ3) is 3.41. The first-order valence-electron chi connectivity index (χ1n) is 5.50. The van der Waals surface area contributed by atoms with Crippen molar-refractivity contribution >= 4 is 11.7 Å². The summed E-state index contributed by atoms with van der Waals surface area (Å²) in [5.74, 6) is 0.539. The van der Waals surface area contributed by atoms with Gasteiger partial charge in [-0.1, -0.05) is 35.9 Å². The third-order valence-corrected chi connectivity index (χ3v) is 2.42. The van der Waals surface area contributed by atoms with Crippen LogP contribution in [0.2, 0.25) is 0 Å². The van der Waals surface area contributed by atoms with E-state index in [2.05, 4.69) is 10.3 Å². The fourth-order valence-electron chi connectivity index (χ4n) is 1.52. The monoisotopic (exact) mass is 226 g/mol. The quantitative estimate of drug-likeness (QED) is 0.874. The molecule has 3 heteroatoms. The van der Waals surface area contributed by atoms with Crippen molar-refractivity contribution in [2.24, 2.45) is 0 Å². The number of aromatic nitrogens is 1. The predicted molar refractivity (Wildman–Crippen MR) is 67.7 cm³/mol. The second kappa shape index (κ2) is 5.25. The molecule has 0 bridgehead atoms. The Morgan fingerprint density at radius 3 is 2.59 bits per heavy atom. The Morgan fingerprint density at radius 2 is 1.94 bits per heavy atom. The number of benzene rings is 1. The summed E-state index contributed by atoms with van der Waals surface area (Å²) in [4.78, 5) is 15.8. The number of amides is 1. The van der Waals surface area contributed by atoms with E-state index in [1.807, 2.05) is 43.3 Å². The Hall–Kier alpha value is -2.16. The number of pyridine rings is 1. The van der Waals surface area contributed by atoms with Crippen molar-refractivity contribution in [1.82, 2.24) is 4.98 Å². The molecule has 1 aromatic heterocycles. The second-order valence-electron chi connectivity index (χ2n) is 3.93. The minimum atomic E-state index is -0.0486. The molecule has 86 valence electrons. The number of aryl methyl sites for hydroxylation is 1. The summed E-state index contributed by atoms with van der Waals surface area (Å²) < 4.78 is 0. The molecule has 1 aromatic carbocycles. The molecule has 0 unspecified atom stereocenters. The number of rotatable bonds is 3. The Balaban J connectivity index is 1.96. The number of hydrogen-bond donors (Lipinski definition) is 1. The van der Waals surface area contributed by atoms with Crippen LogP contribution >= 0.6 is 0 Å². The normalized spacial score (nSPS) is 9.94. The van der Waals surface area contributed by atoms with Crippen LogP contribution in [0.1, 0.15) is 11.1 Å². The van der Waals surface area contributed by atoms with Crippen LogP contribution < -0.4 is 5.32 Å². The number of hydrogen-bond acceptors (Lipinski definition) is 2. The summed E-state index contributed by atoms with van der Waals surface area (Å²) in [6.45, 7) is 2.03. The molecule has 0 aliphatic heterocycles. The van der Waals surface area contributed by atoms with Crippen LogP contribution in [0.15, 0.2) is 48.7 Å².